The molecule has 2 saturated heterocycles. The van der Waals surface area contributed by atoms with Crippen LogP contribution in [0.2, 0.25) is 0 Å². The maximum absolute atomic E-state index is 11.8. The highest BCUT2D eigenvalue weighted by atomic mass is 16.6. The zero-order valence-corrected chi connectivity index (χ0v) is 9.93. The van der Waals surface area contributed by atoms with Gasteiger partial charge in [0, 0.05) is 13.0 Å². The molecule has 2 heterocycles. The van der Waals surface area contributed by atoms with Gasteiger partial charge in [0.15, 0.2) is 0 Å². The molecule has 94 valence electrons. The van der Waals surface area contributed by atoms with Gasteiger partial charge in [-0.2, -0.15) is 0 Å². The number of fused-ring (bicyclic) bond motifs is 1. The minimum Gasteiger partial charge on any atom is -0.460 e. The Balaban J connectivity index is 2.13. The standard InChI is InChI=1S/C12H17NO4/c1-3-5-8-10-9(17-11(8)14)6-7-13(10)12(15)16-4-2/h3,8-10H,1,4-7H2,2H3/t8-,9+,10-/m1/s1. The molecular formula is C12H17NO4. The first-order valence-corrected chi connectivity index (χ1v) is 5.93. The molecule has 0 spiro atoms. The second-order valence-corrected chi connectivity index (χ2v) is 4.28. The van der Waals surface area contributed by atoms with Crippen LogP contribution in [0.1, 0.15) is 19.8 Å². The lowest BCUT2D eigenvalue weighted by Gasteiger charge is -2.24. The fourth-order valence-corrected chi connectivity index (χ4v) is 2.60. The molecule has 0 aromatic rings. The van der Waals surface area contributed by atoms with Crippen LogP contribution in [0, 0.1) is 5.92 Å². The summed E-state index contributed by atoms with van der Waals surface area (Å²) in [5, 5.41) is 0. The Labute approximate surface area is 100 Å². The molecule has 2 aliphatic heterocycles. The number of esters is 1. The first-order valence-electron chi connectivity index (χ1n) is 5.93. The molecule has 0 aromatic carbocycles. The largest absolute Gasteiger partial charge is 0.460 e. The van der Waals surface area contributed by atoms with Gasteiger partial charge in [0.2, 0.25) is 0 Å². The molecular weight excluding hydrogens is 222 g/mol. The third-order valence-electron chi connectivity index (χ3n) is 3.30. The Morgan fingerprint density at radius 2 is 2.47 bits per heavy atom. The summed E-state index contributed by atoms with van der Waals surface area (Å²) < 4.78 is 10.3. The normalized spacial score (nSPS) is 31.0. The SMILES string of the molecule is C=CC[C@H]1C(=O)O[C@H]2CCN(C(=O)OCC)[C@@H]21. The second kappa shape index (κ2) is 4.77. The Kier molecular flexibility index (Phi) is 3.36. The molecule has 0 aliphatic carbocycles. The summed E-state index contributed by atoms with van der Waals surface area (Å²) in [5.74, 6) is -0.515. The van der Waals surface area contributed by atoms with Crippen molar-refractivity contribution >= 4 is 12.1 Å². The van der Waals surface area contributed by atoms with E-state index >= 15 is 0 Å². The molecule has 17 heavy (non-hydrogen) atoms. The second-order valence-electron chi connectivity index (χ2n) is 4.28. The van der Waals surface area contributed by atoms with E-state index in [0.717, 1.165) is 0 Å². The highest BCUT2D eigenvalue weighted by Gasteiger charge is 2.52. The van der Waals surface area contributed by atoms with Crippen LogP contribution in [-0.2, 0) is 14.3 Å². The van der Waals surface area contributed by atoms with E-state index in [0.29, 0.717) is 26.0 Å². The van der Waals surface area contributed by atoms with Crippen molar-refractivity contribution in [1.29, 1.82) is 0 Å². The molecule has 2 rings (SSSR count). The van der Waals surface area contributed by atoms with Gasteiger partial charge in [-0.15, -0.1) is 6.58 Å². The fourth-order valence-electron chi connectivity index (χ4n) is 2.60. The molecule has 1 amide bonds. The van der Waals surface area contributed by atoms with Gasteiger partial charge in [-0.1, -0.05) is 6.08 Å². The van der Waals surface area contributed by atoms with Crippen molar-refractivity contribution in [2.75, 3.05) is 13.2 Å². The van der Waals surface area contributed by atoms with Crippen LogP contribution in [-0.4, -0.2) is 42.3 Å². The summed E-state index contributed by atoms with van der Waals surface area (Å²) in [4.78, 5) is 25.0. The topological polar surface area (TPSA) is 55.8 Å². The molecule has 2 aliphatic rings. The van der Waals surface area contributed by atoms with Crippen LogP contribution in [0.3, 0.4) is 0 Å². The maximum atomic E-state index is 11.8. The van der Waals surface area contributed by atoms with Crippen LogP contribution in [0.25, 0.3) is 0 Å². The number of carbonyl (C=O) groups excluding carboxylic acids is 2. The number of hydrogen-bond donors (Lipinski definition) is 0. The van der Waals surface area contributed by atoms with Gasteiger partial charge < -0.3 is 14.4 Å². The van der Waals surface area contributed by atoms with Gasteiger partial charge in [-0.05, 0) is 13.3 Å². The molecule has 2 fully saturated rings. The molecule has 0 radical (unpaired) electrons. The van der Waals surface area contributed by atoms with Gasteiger partial charge in [0.05, 0.1) is 18.6 Å². The van der Waals surface area contributed by atoms with Gasteiger partial charge in [-0.3, -0.25) is 4.79 Å². The lowest BCUT2D eigenvalue weighted by molar-refractivity contribution is -0.144. The zero-order valence-electron chi connectivity index (χ0n) is 9.93. The summed E-state index contributed by atoms with van der Waals surface area (Å²) >= 11 is 0. The van der Waals surface area contributed by atoms with E-state index in [1.54, 1.807) is 17.9 Å². The van der Waals surface area contributed by atoms with E-state index in [-0.39, 0.29) is 30.1 Å². The highest BCUT2D eigenvalue weighted by molar-refractivity contribution is 5.79. The number of allylic oxidation sites excluding steroid dienone is 1. The van der Waals surface area contributed by atoms with Crippen molar-refractivity contribution in [3.63, 3.8) is 0 Å². The number of amides is 1. The third kappa shape index (κ3) is 2.01. The number of carbonyl (C=O) groups is 2. The number of rotatable bonds is 3. The van der Waals surface area contributed by atoms with Gasteiger partial charge >= 0.3 is 12.1 Å². The van der Waals surface area contributed by atoms with E-state index in [4.69, 9.17) is 9.47 Å². The molecule has 0 bridgehead atoms. The predicted molar refractivity (Wildman–Crippen MR) is 60.3 cm³/mol. The Bertz CT molecular complexity index is 341. The summed E-state index contributed by atoms with van der Waals surface area (Å²) in [6, 6.07) is -0.181. The summed E-state index contributed by atoms with van der Waals surface area (Å²) in [6.45, 7) is 6.34. The molecule has 0 unspecified atom stereocenters. The van der Waals surface area contributed by atoms with Crippen molar-refractivity contribution in [3.8, 4) is 0 Å². The minimum atomic E-state index is -0.354. The minimum absolute atomic E-state index is 0.170. The quantitative estimate of drug-likeness (QED) is 0.551. The van der Waals surface area contributed by atoms with Crippen molar-refractivity contribution in [3.05, 3.63) is 12.7 Å². The highest BCUT2D eigenvalue weighted by Crippen LogP contribution is 2.36. The average Bonchev–Trinajstić information content (AvgIpc) is 2.80. The zero-order chi connectivity index (χ0) is 12.4. The number of ether oxygens (including phenoxy) is 2. The van der Waals surface area contributed by atoms with Crippen LogP contribution in [0.5, 0.6) is 0 Å². The monoisotopic (exact) mass is 239 g/mol. The van der Waals surface area contributed by atoms with Crippen LogP contribution >= 0.6 is 0 Å². The van der Waals surface area contributed by atoms with E-state index in [9.17, 15) is 9.59 Å². The Hall–Kier alpha value is -1.52. The van der Waals surface area contributed by atoms with Gasteiger partial charge in [0.25, 0.3) is 0 Å². The molecule has 5 heteroatoms. The summed E-state index contributed by atoms with van der Waals surface area (Å²) in [5.41, 5.74) is 0. The smallest absolute Gasteiger partial charge is 0.410 e. The molecule has 0 saturated carbocycles. The van der Waals surface area contributed by atoms with Crippen LogP contribution in [0.4, 0.5) is 4.79 Å². The van der Waals surface area contributed by atoms with E-state index in [1.807, 2.05) is 0 Å². The fraction of sp³-hybridized carbons (Fsp3) is 0.667. The predicted octanol–water partition coefficient (Wildman–Crippen LogP) is 1.33. The number of hydrogen-bond acceptors (Lipinski definition) is 4. The number of likely N-dealkylation sites (tertiary alicyclic amines) is 1. The first-order chi connectivity index (χ1) is 8.19. The van der Waals surface area contributed by atoms with E-state index in [1.165, 1.54) is 0 Å². The van der Waals surface area contributed by atoms with Crippen molar-refractivity contribution in [2.24, 2.45) is 5.92 Å². The number of nitrogens with zero attached hydrogens (tertiary/aromatic N) is 1. The third-order valence-corrected chi connectivity index (χ3v) is 3.30. The van der Waals surface area contributed by atoms with E-state index in [2.05, 4.69) is 6.58 Å². The Morgan fingerprint density at radius 3 is 3.12 bits per heavy atom. The molecule has 5 nitrogen and oxygen atoms in total. The Morgan fingerprint density at radius 1 is 1.71 bits per heavy atom. The lowest BCUT2D eigenvalue weighted by atomic mass is 9.96. The van der Waals surface area contributed by atoms with Gasteiger partial charge in [-0.25, -0.2) is 4.79 Å². The van der Waals surface area contributed by atoms with Gasteiger partial charge in [0.1, 0.15) is 6.10 Å². The maximum Gasteiger partial charge on any atom is 0.410 e. The van der Waals surface area contributed by atoms with Crippen molar-refractivity contribution in [1.82, 2.24) is 4.90 Å². The van der Waals surface area contributed by atoms with Crippen LogP contribution in [0.15, 0.2) is 12.7 Å². The molecule has 0 aromatic heterocycles. The molecule has 3 atom stereocenters. The lowest BCUT2D eigenvalue weighted by Crippen LogP contribution is -2.42. The van der Waals surface area contributed by atoms with E-state index < -0.39 is 0 Å². The average molecular weight is 239 g/mol. The van der Waals surface area contributed by atoms with Crippen molar-refractivity contribution in [2.45, 2.75) is 31.9 Å². The van der Waals surface area contributed by atoms with Crippen LogP contribution < -0.4 is 0 Å². The summed E-state index contributed by atoms with van der Waals surface area (Å²) in [6.07, 6.45) is 2.40. The molecule has 0 N–H and O–H groups in total. The summed E-state index contributed by atoms with van der Waals surface area (Å²) in [7, 11) is 0. The first kappa shape index (κ1) is 12.0. The van der Waals surface area contributed by atoms with Crippen molar-refractivity contribution < 1.29 is 19.1 Å².